The van der Waals surface area contributed by atoms with Crippen molar-refractivity contribution in [1.82, 2.24) is 5.32 Å². The minimum absolute atomic E-state index is 0.0162. The molecule has 2 aromatic rings. The van der Waals surface area contributed by atoms with Crippen LogP contribution in [0.1, 0.15) is 39.7 Å². The molecule has 1 heterocycles. The van der Waals surface area contributed by atoms with Crippen LogP contribution in [0.15, 0.2) is 41.8 Å². The lowest BCUT2D eigenvalue weighted by atomic mass is 10.1. The second kappa shape index (κ2) is 6.42. The van der Waals surface area contributed by atoms with E-state index < -0.39 is 6.10 Å². The van der Waals surface area contributed by atoms with Gasteiger partial charge < -0.3 is 10.4 Å². The molecule has 5 heteroatoms. The molecule has 3 rings (SSSR count). The summed E-state index contributed by atoms with van der Waals surface area (Å²) in [5.74, 6) is -0.219. The zero-order valence-corrected chi connectivity index (χ0v) is 12.8. The molecule has 2 N–H and O–H groups in total. The number of thiophene rings is 1. The molecule has 0 saturated heterocycles. The summed E-state index contributed by atoms with van der Waals surface area (Å²) in [4.78, 5) is 24.6. The van der Waals surface area contributed by atoms with Gasteiger partial charge in [0.2, 0.25) is 5.91 Å². The molecular formula is C17H17NO3S. The fourth-order valence-electron chi connectivity index (χ4n) is 2.78. The van der Waals surface area contributed by atoms with E-state index in [4.69, 9.17) is 0 Å². The van der Waals surface area contributed by atoms with E-state index in [1.165, 1.54) is 11.3 Å². The average Bonchev–Trinajstić information content (AvgIpc) is 3.14. The SMILES string of the molecule is O=C(CCC(=O)c1cccs1)N[C@H]1c2ccccc2C[C@H]1O. The number of ketones is 1. The van der Waals surface area contributed by atoms with Crippen LogP contribution in [0.2, 0.25) is 0 Å². The smallest absolute Gasteiger partial charge is 0.221 e. The molecule has 0 bridgehead atoms. The van der Waals surface area contributed by atoms with E-state index in [9.17, 15) is 14.7 Å². The fraction of sp³-hybridized carbons (Fsp3) is 0.294. The van der Waals surface area contributed by atoms with Crippen molar-refractivity contribution < 1.29 is 14.7 Å². The predicted octanol–water partition coefficient (Wildman–Crippen LogP) is 2.49. The zero-order chi connectivity index (χ0) is 15.5. The second-order valence-electron chi connectivity index (χ2n) is 5.42. The normalized spacial score (nSPS) is 19.7. The molecule has 0 spiro atoms. The molecule has 0 saturated carbocycles. The first-order valence-electron chi connectivity index (χ1n) is 7.27. The molecule has 0 radical (unpaired) electrons. The summed E-state index contributed by atoms with van der Waals surface area (Å²) in [5, 5.41) is 14.8. The Morgan fingerprint density at radius 1 is 1.18 bits per heavy atom. The molecule has 1 aliphatic rings. The highest BCUT2D eigenvalue weighted by Crippen LogP contribution is 2.31. The number of aliphatic hydroxyl groups excluding tert-OH is 1. The van der Waals surface area contributed by atoms with Gasteiger partial charge in [0.05, 0.1) is 17.0 Å². The van der Waals surface area contributed by atoms with E-state index in [0.717, 1.165) is 11.1 Å². The predicted molar refractivity (Wildman–Crippen MR) is 84.9 cm³/mol. The van der Waals surface area contributed by atoms with Crippen LogP contribution in [0.4, 0.5) is 0 Å². The Morgan fingerprint density at radius 3 is 2.77 bits per heavy atom. The highest BCUT2D eigenvalue weighted by atomic mass is 32.1. The number of hydrogen-bond donors (Lipinski definition) is 2. The second-order valence-corrected chi connectivity index (χ2v) is 6.36. The van der Waals surface area contributed by atoms with Gasteiger partial charge in [0.1, 0.15) is 0 Å². The van der Waals surface area contributed by atoms with Crippen molar-refractivity contribution in [2.24, 2.45) is 0 Å². The molecule has 0 fully saturated rings. The first-order chi connectivity index (χ1) is 10.6. The van der Waals surface area contributed by atoms with E-state index in [0.29, 0.717) is 11.3 Å². The van der Waals surface area contributed by atoms with Gasteiger partial charge in [-0.05, 0) is 22.6 Å². The van der Waals surface area contributed by atoms with E-state index in [1.54, 1.807) is 6.07 Å². The topological polar surface area (TPSA) is 66.4 Å². The largest absolute Gasteiger partial charge is 0.390 e. The van der Waals surface area contributed by atoms with Gasteiger partial charge in [-0.2, -0.15) is 0 Å². The van der Waals surface area contributed by atoms with E-state index in [-0.39, 0.29) is 30.6 Å². The third-order valence-electron chi connectivity index (χ3n) is 3.90. The standard InChI is InChI=1S/C17H17NO3S/c19-13(15-6-3-9-22-15)7-8-16(21)18-17-12-5-2-1-4-11(12)10-14(17)20/h1-6,9,14,17,20H,7-8,10H2,(H,18,21)/t14-,17+/m1/s1. The van der Waals surface area contributed by atoms with Gasteiger partial charge in [-0.3, -0.25) is 9.59 Å². The minimum atomic E-state index is -0.602. The number of carbonyl (C=O) groups is 2. The lowest BCUT2D eigenvalue weighted by Gasteiger charge is -2.17. The Balaban J connectivity index is 1.57. The Hall–Kier alpha value is -1.98. The van der Waals surface area contributed by atoms with E-state index in [2.05, 4.69) is 5.32 Å². The maximum absolute atomic E-state index is 12.1. The average molecular weight is 315 g/mol. The van der Waals surface area contributed by atoms with Crippen molar-refractivity contribution in [3.8, 4) is 0 Å². The number of aliphatic hydroxyl groups is 1. The quantitative estimate of drug-likeness (QED) is 0.833. The van der Waals surface area contributed by atoms with E-state index in [1.807, 2.05) is 35.7 Å². The number of rotatable bonds is 5. The molecule has 0 aliphatic heterocycles. The Morgan fingerprint density at radius 2 is 2.00 bits per heavy atom. The maximum atomic E-state index is 12.1. The maximum Gasteiger partial charge on any atom is 0.221 e. The van der Waals surface area contributed by atoms with Crippen molar-refractivity contribution in [3.63, 3.8) is 0 Å². The summed E-state index contributed by atoms with van der Waals surface area (Å²) in [6.07, 6.45) is 0.281. The van der Waals surface area contributed by atoms with Crippen molar-refractivity contribution in [2.75, 3.05) is 0 Å². The first-order valence-corrected chi connectivity index (χ1v) is 8.15. The van der Waals surface area contributed by atoms with Gasteiger partial charge in [0.25, 0.3) is 0 Å². The molecule has 4 nitrogen and oxygen atoms in total. The van der Waals surface area contributed by atoms with Crippen molar-refractivity contribution >= 4 is 23.0 Å². The van der Waals surface area contributed by atoms with Crippen LogP contribution in [0.3, 0.4) is 0 Å². The third-order valence-corrected chi connectivity index (χ3v) is 4.81. The van der Waals surface area contributed by atoms with Crippen LogP contribution < -0.4 is 5.32 Å². The molecule has 22 heavy (non-hydrogen) atoms. The number of Topliss-reactive ketones (excluding diaryl/α,β-unsaturated/α-hetero) is 1. The fourth-order valence-corrected chi connectivity index (χ4v) is 3.48. The number of benzene rings is 1. The third kappa shape index (κ3) is 3.10. The van der Waals surface area contributed by atoms with Gasteiger partial charge in [-0.1, -0.05) is 30.3 Å². The summed E-state index contributed by atoms with van der Waals surface area (Å²) >= 11 is 1.39. The van der Waals surface area contributed by atoms with Gasteiger partial charge in [-0.15, -0.1) is 11.3 Å². The lowest BCUT2D eigenvalue weighted by molar-refractivity contribution is -0.122. The molecule has 114 valence electrons. The Bertz CT molecular complexity index is 681. The zero-order valence-electron chi connectivity index (χ0n) is 12.0. The molecule has 0 unspecified atom stereocenters. The summed E-state index contributed by atoms with van der Waals surface area (Å²) in [7, 11) is 0. The summed E-state index contributed by atoms with van der Waals surface area (Å²) in [6, 6.07) is 10.9. The van der Waals surface area contributed by atoms with Crippen LogP contribution in [-0.2, 0) is 11.2 Å². The molecule has 1 aromatic carbocycles. The van der Waals surface area contributed by atoms with Gasteiger partial charge >= 0.3 is 0 Å². The van der Waals surface area contributed by atoms with Crippen LogP contribution in [-0.4, -0.2) is 22.9 Å². The van der Waals surface area contributed by atoms with E-state index >= 15 is 0 Å². The minimum Gasteiger partial charge on any atom is -0.390 e. The number of hydrogen-bond acceptors (Lipinski definition) is 4. The Labute approximate surface area is 132 Å². The number of carbonyl (C=O) groups excluding carboxylic acids is 2. The summed E-state index contributed by atoms with van der Waals surface area (Å²) in [5.41, 5.74) is 2.03. The first kappa shape index (κ1) is 14.9. The van der Waals surface area contributed by atoms with Crippen LogP contribution in [0, 0.1) is 0 Å². The molecular weight excluding hydrogens is 298 g/mol. The van der Waals surface area contributed by atoms with Gasteiger partial charge in [-0.25, -0.2) is 0 Å². The van der Waals surface area contributed by atoms with Crippen LogP contribution >= 0.6 is 11.3 Å². The lowest BCUT2D eigenvalue weighted by Crippen LogP contribution is -2.33. The summed E-state index contributed by atoms with van der Waals surface area (Å²) < 4.78 is 0. The summed E-state index contributed by atoms with van der Waals surface area (Å²) in [6.45, 7) is 0. The number of fused-ring (bicyclic) bond motifs is 1. The van der Waals surface area contributed by atoms with Crippen molar-refractivity contribution in [2.45, 2.75) is 31.4 Å². The van der Waals surface area contributed by atoms with Crippen molar-refractivity contribution in [1.29, 1.82) is 0 Å². The molecule has 2 atom stereocenters. The van der Waals surface area contributed by atoms with Crippen LogP contribution in [0.25, 0.3) is 0 Å². The number of nitrogens with one attached hydrogen (secondary N) is 1. The molecule has 1 aromatic heterocycles. The molecule has 1 amide bonds. The van der Waals surface area contributed by atoms with Gasteiger partial charge in [0, 0.05) is 19.3 Å². The highest BCUT2D eigenvalue weighted by molar-refractivity contribution is 7.12. The van der Waals surface area contributed by atoms with Crippen LogP contribution in [0.5, 0.6) is 0 Å². The molecule has 1 aliphatic carbocycles. The van der Waals surface area contributed by atoms with Crippen molar-refractivity contribution in [3.05, 3.63) is 57.8 Å². The van der Waals surface area contributed by atoms with Gasteiger partial charge in [0.15, 0.2) is 5.78 Å². The monoisotopic (exact) mass is 315 g/mol. The highest BCUT2D eigenvalue weighted by Gasteiger charge is 2.31. The number of amides is 1. The Kier molecular flexibility index (Phi) is 4.36.